The molecule has 44 heavy (non-hydrogen) atoms. The van der Waals surface area contributed by atoms with Crippen LogP contribution in [0.25, 0.3) is 0 Å². The van der Waals surface area contributed by atoms with Crippen molar-refractivity contribution in [3.05, 3.63) is 0 Å². The van der Waals surface area contributed by atoms with Crippen LogP contribution in [0.4, 0.5) is 9.59 Å². The van der Waals surface area contributed by atoms with E-state index in [0.29, 0.717) is 64.7 Å². The molecule has 0 aromatic heterocycles. The zero-order chi connectivity index (χ0) is 33.7. The van der Waals surface area contributed by atoms with Crippen LogP contribution in [0.1, 0.15) is 85.0 Å². The fourth-order valence-electron chi connectivity index (χ4n) is 5.37. The van der Waals surface area contributed by atoms with Crippen molar-refractivity contribution in [3.63, 3.8) is 0 Å². The number of hydrogen-bond donors (Lipinski definition) is 1. The molecule has 2 amide bonds. The summed E-state index contributed by atoms with van der Waals surface area (Å²) < 4.78 is 59.9. The largest absolute Gasteiger partial charge is 0.465 e. The van der Waals surface area contributed by atoms with Gasteiger partial charge < -0.3 is 19.6 Å². The fourth-order valence-corrected chi connectivity index (χ4v) is 6.15. The Kier molecular flexibility index (Phi) is 15.3. The summed E-state index contributed by atoms with van der Waals surface area (Å²) in [7, 11) is -7.10. The third-order valence-electron chi connectivity index (χ3n) is 7.96. The van der Waals surface area contributed by atoms with Gasteiger partial charge in [-0.05, 0) is 83.0 Å². The van der Waals surface area contributed by atoms with Crippen LogP contribution in [0, 0.1) is 33.5 Å². The number of ether oxygens (including phenoxy) is 1. The minimum absolute atomic E-state index is 0.00257. The molecule has 2 fully saturated rings. The van der Waals surface area contributed by atoms with E-state index in [1.165, 1.54) is 4.90 Å². The first kappa shape index (κ1) is 39.4. The Bertz CT molecular complexity index is 1170. The van der Waals surface area contributed by atoms with Gasteiger partial charge in [0.15, 0.2) is 0 Å². The Morgan fingerprint density at radius 1 is 0.750 bits per heavy atom. The zero-order valence-electron chi connectivity index (χ0n) is 26.5. The molecule has 2 saturated heterocycles. The van der Waals surface area contributed by atoms with Crippen LogP contribution in [-0.4, -0.2) is 101 Å². The van der Waals surface area contributed by atoms with Crippen molar-refractivity contribution in [2.45, 2.75) is 90.6 Å². The van der Waals surface area contributed by atoms with Gasteiger partial charge in [-0.25, -0.2) is 9.59 Å². The Hall–Kier alpha value is -2.66. The van der Waals surface area contributed by atoms with Crippen molar-refractivity contribution < 1.29 is 44.6 Å². The van der Waals surface area contributed by atoms with Gasteiger partial charge in [-0.2, -0.15) is 27.4 Å². The summed E-state index contributed by atoms with van der Waals surface area (Å²) in [5, 5.41) is 26.2. The number of nitrogens with zero attached hydrogens (tertiary/aromatic N) is 4. The van der Waals surface area contributed by atoms with Crippen LogP contribution in [0.3, 0.4) is 0 Å². The second-order valence-corrected chi connectivity index (χ2v) is 15.9. The van der Waals surface area contributed by atoms with Gasteiger partial charge in [-0.1, -0.05) is 0 Å². The Labute approximate surface area is 262 Å². The van der Waals surface area contributed by atoms with Gasteiger partial charge in [0.2, 0.25) is 0 Å². The number of carboxylic acid groups (broad SMARTS) is 1. The van der Waals surface area contributed by atoms with E-state index in [4.69, 9.17) is 28.7 Å². The monoisotopic (exact) mass is 664 g/mol. The smallest absolute Gasteiger partial charge is 0.410 e. The molecule has 2 aliphatic rings. The van der Waals surface area contributed by atoms with Crippen LogP contribution >= 0.6 is 0 Å². The normalized spacial score (nSPS) is 18.2. The van der Waals surface area contributed by atoms with Crippen molar-refractivity contribution in [2.75, 3.05) is 51.9 Å². The van der Waals surface area contributed by atoms with Gasteiger partial charge in [0.05, 0.1) is 37.9 Å². The maximum Gasteiger partial charge on any atom is 0.410 e. The third kappa shape index (κ3) is 15.9. The molecule has 0 radical (unpaired) electrons. The van der Waals surface area contributed by atoms with Gasteiger partial charge in [-0.15, -0.1) is 0 Å². The molecule has 252 valence electrons. The summed E-state index contributed by atoms with van der Waals surface area (Å²) in [6.45, 7) is 7.31. The minimum atomic E-state index is -3.55. The molecule has 2 rings (SSSR count). The van der Waals surface area contributed by atoms with E-state index in [1.807, 2.05) is 0 Å². The number of nitriles is 2. The molecular formula is C28H48N4O10S2. The summed E-state index contributed by atoms with van der Waals surface area (Å²) in [5.41, 5.74) is -0.955. The lowest BCUT2D eigenvalue weighted by Gasteiger charge is -2.42. The highest BCUT2D eigenvalue weighted by atomic mass is 32.2. The number of piperidine rings is 2. The average Bonchev–Trinajstić information content (AvgIpc) is 2.89. The molecule has 16 heteroatoms. The molecule has 2 heterocycles. The molecule has 0 spiro atoms. The highest BCUT2D eigenvalue weighted by Gasteiger charge is 2.38. The van der Waals surface area contributed by atoms with Crippen molar-refractivity contribution in [1.29, 1.82) is 10.5 Å². The van der Waals surface area contributed by atoms with Crippen LogP contribution in [0.2, 0.25) is 0 Å². The molecular weight excluding hydrogens is 616 g/mol. The third-order valence-corrected chi connectivity index (χ3v) is 9.15. The zero-order valence-corrected chi connectivity index (χ0v) is 28.2. The first-order valence-corrected chi connectivity index (χ1v) is 18.3. The fraction of sp³-hybridized carbons (Fsp3) is 0.857. The SMILES string of the molecule is CC(C)(C)OC(=O)N1CCC(CCOS(C)(=O)=O)(CCOS(C)(=O)=O)CC1.N#CCCC1(CCC#N)CCN(C(=O)O)CC1. The minimum Gasteiger partial charge on any atom is -0.465 e. The molecule has 0 saturated carbocycles. The average molecular weight is 665 g/mol. The van der Waals surface area contributed by atoms with E-state index in [1.54, 1.807) is 25.7 Å². The highest BCUT2D eigenvalue weighted by molar-refractivity contribution is 7.86. The summed E-state index contributed by atoms with van der Waals surface area (Å²) in [6, 6.07) is 4.27. The predicted octanol–water partition coefficient (Wildman–Crippen LogP) is 4.09. The predicted molar refractivity (Wildman–Crippen MR) is 161 cm³/mol. The van der Waals surface area contributed by atoms with Gasteiger partial charge in [0, 0.05) is 39.0 Å². The van der Waals surface area contributed by atoms with Crippen LogP contribution in [-0.2, 0) is 33.3 Å². The van der Waals surface area contributed by atoms with Crippen molar-refractivity contribution in [1.82, 2.24) is 9.80 Å². The summed E-state index contributed by atoms with van der Waals surface area (Å²) in [6.07, 6.45) is 6.76. The number of rotatable bonds is 12. The lowest BCUT2D eigenvalue weighted by Crippen LogP contribution is -2.46. The van der Waals surface area contributed by atoms with E-state index >= 15 is 0 Å². The van der Waals surface area contributed by atoms with Crippen LogP contribution in [0.5, 0.6) is 0 Å². The second-order valence-electron chi connectivity index (χ2n) is 12.6. The molecule has 0 unspecified atom stereocenters. The van der Waals surface area contributed by atoms with Gasteiger partial charge in [-0.3, -0.25) is 8.37 Å². The molecule has 0 aromatic carbocycles. The topological polar surface area (TPSA) is 204 Å². The lowest BCUT2D eigenvalue weighted by molar-refractivity contribution is 0.00418. The number of carbonyl (C=O) groups is 2. The molecule has 2 aliphatic heterocycles. The Morgan fingerprint density at radius 3 is 1.43 bits per heavy atom. The van der Waals surface area contributed by atoms with E-state index in [0.717, 1.165) is 38.2 Å². The molecule has 0 aliphatic carbocycles. The standard InChI is InChI=1S/C16H31NO8S2.C12H17N3O2/c1-15(2,3)25-14(18)17-10-6-16(7-11-17,8-12-23-26(4,19)20)9-13-24-27(5,21)22;13-7-1-3-12(4-2-8-14)5-9-15(10-6-12)11(16)17/h6-13H2,1-5H3;1-6,9-10H2,(H,16,17). The molecule has 0 aromatic rings. The molecule has 14 nitrogen and oxygen atoms in total. The maximum absolute atomic E-state index is 12.2. The molecule has 1 N–H and O–H groups in total. The van der Waals surface area contributed by atoms with E-state index in [2.05, 4.69) is 12.1 Å². The van der Waals surface area contributed by atoms with Crippen LogP contribution < -0.4 is 0 Å². The quantitative estimate of drug-likeness (QED) is 0.293. The highest BCUT2D eigenvalue weighted by Crippen LogP contribution is 2.41. The lowest BCUT2D eigenvalue weighted by atomic mass is 9.72. The van der Waals surface area contributed by atoms with Gasteiger partial charge in [0.25, 0.3) is 20.2 Å². The van der Waals surface area contributed by atoms with Crippen LogP contribution in [0.15, 0.2) is 0 Å². The summed E-state index contributed by atoms with van der Waals surface area (Å²) in [4.78, 5) is 26.0. The van der Waals surface area contributed by atoms with E-state index in [9.17, 15) is 26.4 Å². The van der Waals surface area contributed by atoms with E-state index in [-0.39, 0.29) is 24.0 Å². The maximum atomic E-state index is 12.2. The van der Waals surface area contributed by atoms with Crippen molar-refractivity contribution in [2.24, 2.45) is 10.8 Å². The molecule has 0 atom stereocenters. The number of carbonyl (C=O) groups excluding carboxylic acids is 1. The van der Waals surface area contributed by atoms with E-state index < -0.39 is 38.0 Å². The molecule has 0 bridgehead atoms. The number of hydrogen-bond acceptors (Lipinski definition) is 11. The van der Waals surface area contributed by atoms with Crippen molar-refractivity contribution >= 4 is 32.4 Å². The number of likely N-dealkylation sites (tertiary alicyclic amines) is 2. The van der Waals surface area contributed by atoms with Gasteiger partial charge >= 0.3 is 12.2 Å². The van der Waals surface area contributed by atoms with Crippen molar-refractivity contribution in [3.8, 4) is 12.1 Å². The number of amides is 2. The first-order chi connectivity index (χ1) is 20.2. The first-order valence-electron chi connectivity index (χ1n) is 14.6. The van der Waals surface area contributed by atoms with Gasteiger partial charge in [0.1, 0.15) is 5.60 Å². The second kappa shape index (κ2) is 17.1. The Balaban J connectivity index is 0.000000488. The summed E-state index contributed by atoms with van der Waals surface area (Å²) >= 11 is 0. The Morgan fingerprint density at radius 2 is 1.11 bits per heavy atom. The summed E-state index contributed by atoms with van der Waals surface area (Å²) in [5.74, 6) is 0.